The summed E-state index contributed by atoms with van der Waals surface area (Å²) in [7, 11) is 0. The van der Waals surface area contributed by atoms with Gasteiger partial charge in [-0.25, -0.2) is 9.98 Å². The van der Waals surface area contributed by atoms with Gasteiger partial charge in [-0.2, -0.15) is 5.10 Å². The van der Waals surface area contributed by atoms with E-state index in [1.807, 2.05) is 16.9 Å². The van der Waals surface area contributed by atoms with E-state index in [0.717, 1.165) is 24.7 Å². The zero-order valence-electron chi connectivity index (χ0n) is 17.1. The van der Waals surface area contributed by atoms with E-state index in [2.05, 4.69) is 71.1 Å². The van der Waals surface area contributed by atoms with Gasteiger partial charge in [-0.05, 0) is 24.1 Å². The number of halogens is 1. The van der Waals surface area contributed by atoms with E-state index in [1.54, 1.807) is 17.5 Å². The van der Waals surface area contributed by atoms with Crippen LogP contribution in [0.4, 0.5) is 0 Å². The van der Waals surface area contributed by atoms with Crippen molar-refractivity contribution in [2.75, 3.05) is 6.54 Å². The lowest BCUT2D eigenvalue weighted by molar-refractivity contribution is 0.680. The quantitative estimate of drug-likeness (QED) is 0.261. The van der Waals surface area contributed by atoms with Crippen LogP contribution < -0.4 is 10.6 Å². The highest BCUT2D eigenvalue weighted by molar-refractivity contribution is 14.0. The topological polar surface area (TPSA) is 67.1 Å². The molecule has 0 saturated heterocycles. The van der Waals surface area contributed by atoms with Gasteiger partial charge in [-0.3, -0.25) is 4.68 Å². The van der Waals surface area contributed by atoms with E-state index in [-0.39, 0.29) is 24.0 Å². The van der Waals surface area contributed by atoms with Gasteiger partial charge in [0.05, 0.1) is 30.3 Å². The number of nitrogens with zero attached hydrogens (tertiary/aromatic N) is 4. The molecule has 3 aromatic rings. The Kier molecular flexibility index (Phi) is 9.59. The van der Waals surface area contributed by atoms with Crippen molar-refractivity contribution in [1.82, 2.24) is 25.4 Å². The van der Waals surface area contributed by atoms with E-state index in [1.165, 1.54) is 16.1 Å². The molecule has 3 rings (SSSR count). The molecule has 0 spiro atoms. The van der Waals surface area contributed by atoms with Gasteiger partial charge in [0.25, 0.3) is 0 Å². The molecule has 156 valence electrons. The van der Waals surface area contributed by atoms with Crippen molar-refractivity contribution >= 4 is 41.3 Å². The zero-order chi connectivity index (χ0) is 19.8. The van der Waals surface area contributed by atoms with Gasteiger partial charge in [0.1, 0.15) is 0 Å². The minimum atomic E-state index is 0. The Morgan fingerprint density at radius 1 is 1.17 bits per heavy atom. The first kappa shape index (κ1) is 23.3. The molecule has 0 saturated carbocycles. The summed E-state index contributed by atoms with van der Waals surface area (Å²) in [6.07, 6.45) is 3.78. The second kappa shape index (κ2) is 11.9. The van der Waals surface area contributed by atoms with Crippen LogP contribution in [0, 0.1) is 0 Å². The van der Waals surface area contributed by atoms with Crippen LogP contribution in [0.1, 0.15) is 48.5 Å². The number of guanidine groups is 1. The summed E-state index contributed by atoms with van der Waals surface area (Å²) >= 11 is 1.72. The summed E-state index contributed by atoms with van der Waals surface area (Å²) in [6, 6.07) is 10.3. The second-order valence-corrected chi connectivity index (χ2v) is 7.74. The smallest absolute Gasteiger partial charge is 0.191 e. The highest BCUT2D eigenvalue weighted by Gasteiger charge is 2.07. The molecule has 0 radical (unpaired) electrons. The van der Waals surface area contributed by atoms with Crippen LogP contribution in [0.5, 0.6) is 0 Å². The molecular formula is C21H29IN6S. The molecule has 1 aromatic carbocycles. The molecule has 6 nitrogen and oxygen atoms in total. The largest absolute Gasteiger partial charge is 0.357 e. The van der Waals surface area contributed by atoms with Crippen molar-refractivity contribution in [2.45, 2.75) is 46.3 Å². The first-order chi connectivity index (χ1) is 13.7. The monoisotopic (exact) mass is 524 g/mol. The Morgan fingerprint density at radius 2 is 1.97 bits per heavy atom. The highest BCUT2D eigenvalue weighted by Crippen LogP contribution is 2.19. The number of thiazole rings is 1. The van der Waals surface area contributed by atoms with Crippen molar-refractivity contribution in [2.24, 2.45) is 4.99 Å². The maximum Gasteiger partial charge on any atom is 0.191 e. The van der Waals surface area contributed by atoms with Gasteiger partial charge in [0, 0.05) is 30.2 Å². The van der Waals surface area contributed by atoms with Crippen LogP contribution in [0.25, 0.3) is 0 Å². The summed E-state index contributed by atoms with van der Waals surface area (Å²) in [4.78, 5) is 9.45. The van der Waals surface area contributed by atoms with Crippen LogP contribution in [0.2, 0.25) is 0 Å². The summed E-state index contributed by atoms with van der Waals surface area (Å²) < 4.78 is 1.93. The second-order valence-electron chi connectivity index (χ2n) is 6.85. The predicted molar refractivity (Wildman–Crippen MR) is 131 cm³/mol. The number of benzene rings is 1. The lowest BCUT2D eigenvalue weighted by Crippen LogP contribution is -2.36. The molecule has 0 aliphatic carbocycles. The summed E-state index contributed by atoms with van der Waals surface area (Å²) in [6.45, 7) is 9.26. The molecule has 0 atom stereocenters. The van der Waals surface area contributed by atoms with E-state index in [4.69, 9.17) is 4.99 Å². The van der Waals surface area contributed by atoms with E-state index in [0.29, 0.717) is 19.0 Å². The number of aromatic nitrogens is 3. The molecule has 2 N–H and O–H groups in total. The number of hydrogen-bond donors (Lipinski definition) is 2. The fourth-order valence-electron chi connectivity index (χ4n) is 2.78. The zero-order valence-corrected chi connectivity index (χ0v) is 20.3. The summed E-state index contributed by atoms with van der Waals surface area (Å²) in [5.41, 5.74) is 3.48. The normalized spacial score (nSPS) is 11.4. The standard InChI is InChI=1S/C21H28N6S.HI/c1-4-22-21(24-13-19-15-28-20(26-19)16(2)3)23-12-17-8-5-6-9-18(17)14-27-11-7-10-25-27;/h5-11,15-16H,4,12-14H2,1-3H3,(H2,22,23,24);1H. The first-order valence-corrected chi connectivity index (χ1v) is 10.5. The van der Waals surface area contributed by atoms with E-state index >= 15 is 0 Å². The molecular weight excluding hydrogens is 495 g/mol. The number of rotatable bonds is 8. The lowest BCUT2D eigenvalue weighted by atomic mass is 10.1. The van der Waals surface area contributed by atoms with Crippen molar-refractivity contribution in [3.8, 4) is 0 Å². The Bertz CT molecular complexity index is 888. The van der Waals surface area contributed by atoms with Crippen LogP contribution in [0.3, 0.4) is 0 Å². The van der Waals surface area contributed by atoms with Crippen LogP contribution in [0.15, 0.2) is 53.1 Å². The Balaban J connectivity index is 0.00000300. The van der Waals surface area contributed by atoms with Gasteiger partial charge < -0.3 is 10.6 Å². The van der Waals surface area contributed by atoms with Gasteiger partial charge in [-0.15, -0.1) is 35.3 Å². The minimum absolute atomic E-state index is 0. The molecule has 8 heteroatoms. The molecule has 0 aliphatic heterocycles. The van der Waals surface area contributed by atoms with Crippen molar-refractivity contribution < 1.29 is 0 Å². The maximum atomic E-state index is 4.77. The van der Waals surface area contributed by atoms with Gasteiger partial charge >= 0.3 is 0 Å². The van der Waals surface area contributed by atoms with Crippen LogP contribution in [-0.4, -0.2) is 27.3 Å². The third-order valence-corrected chi connectivity index (χ3v) is 5.46. The first-order valence-electron chi connectivity index (χ1n) is 9.66. The van der Waals surface area contributed by atoms with Gasteiger partial charge in [-0.1, -0.05) is 38.1 Å². The SMILES string of the molecule is CCNC(=NCc1ccccc1Cn1cccn1)NCc1csc(C(C)C)n1.I. The fourth-order valence-corrected chi connectivity index (χ4v) is 3.62. The van der Waals surface area contributed by atoms with Crippen LogP contribution in [-0.2, 0) is 19.6 Å². The summed E-state index contributed by atoms with van der Waals surface area (Å²) in [5.74, 6) is 1.27. The fraction of sp³-hybridized carbons (Fsp3) is 0.381. The molecule has 0 amide bonds. The molecule has 0 bridgehead atoms. The number of aliphatic imine (C=N–C) groups is 1. The maximum absolute atomic E-state index is 4.77. The van der Waals surface area contributed by atoms with E-state index < -0.39 is 0 Å². The Labute approximate surface area is 193 Å². The van der Waals surface area contributed by atoms with Gasteiger partial charge in [0.15, 0.2) is 5.96 Å². The van der Waals surface area contributed by atoms with Crippen molar-refractivity contribution in [1.29, 1.82) is 0 Å². The van der Waals surface area contributed by atoms with Crippen LogP contribution >= 0.6 is 35.3 Å². The Hall–Kier alpha value is -1.94. The van der Waals surface area contributed by atoms with Gasteiger partial charge in [0.2, 0.25) is 0 Å². The minimum Gasteiger partial charge on any atom is -0.357 e. The molecule has 2 heterocycles. The molecule has 0 unspecified atom stereocenters. The highest BCUT2D eigenvalue weighted by atomic mass is 127. The molecule has 29 heavy (non-hydrogen) atoms. The Morgan fingerprint density at radius 3 is 2.62 bits per heavy atom. The third-order valence-electron chi connectivity index (χ3n) is 4.26. The number of nitrogens with one attached hydrogen (secondary N) is 2. The molecule has 0 aliphatic rings. The lowest BCUT2D eigenvalue weighted by Gasteiger charge is -2.12. The molecule has 2 aromatic heterocycles. The third kappa shape index (κ3) is 7.11. The average Bonchev–Trinajstić information content (AvgIpc) is 3.37. The molecule has 0 fully saturated rings. The summed E-state index contributed by atoms with van der Waals surface area (Å²) in [5, 5.41) is 14.3. The predicted octanol–water partition coefficient (Wildman–Crippen LogP) is 4.38. The van der Waals surface area contributed by atoms with Crippen molar-refractivity contribution in [3.05, 3.63) is 69.9 Å². The number of hydrogen-bond acceptors (Lipinski definition) is 4. The average molecular weight is 524 g/mol. The van der Waals surface area contributed by atoms with E-state index in [9.17, 15) is 0 Å². The van der Waals surface area contributed by atoms with Crippen molar-refractivity contribution in [3.63, 3.8) is 0 Å².